The predicted octanol–water partition coefficient (Wildman–Crippen LogP) is 4.93. The van der Waals surface area contributed by atoms with Gasteiger partial charge in [-0.3, -0.25) is 9.48 Å². The fraction of sp³-hybridized carbons (Fsp3) is 0.231. The maximum Gasteiger partial charge on any atom is 0.249 e. The van der Waals surface area contributed by atoms with Gasteiger partial charge in [-0.1, -0.05) is 19.1 Å². The zero-order valence-electron chi connectivity index (χ0n) is 19.3. The number of rotatable bonds is 9. The molecule has 8 nitrogen and oxygen atoms in total. The summed E-state index contributed by atoms with van der Waals surface area (Å²) in [5, 5.41) is 9.60. The average molecular weight is 473 g/mol. The Morgan fingerprint density at radius 2 is 1.94 bits per heavy atom. The van der Waals surface area contributed by atoms with Crippen molar-refractivity contribution in [2.24, 2.45) is 0 Å². The molecule has 0 unspecified atom stereocenters. The van der Waals surface area contributed by atoms with Crippen LogP contribution in [0.2, 0.25) is 0 Å². The number of nitrogens with one attached hydrogen (secondary N) is 1. The molecule has 4 heterocycles. The number of ether oxygens (including phenoxy) is 1. The summed E-state index contributed by atoms with van der Waals surface area (Å²) < 4.78 is 22.0. The molecular formula is C26H25FN6O2. The topological polar surface area (TPSA) is 90.6 Å². The van der Waals surface area contributed by atoms with E-state index in [4.69, 9.17) is 4.74 Å². The first kappa shape index (κ1) is 22.7. The Balaban J connectivity index is 1.36. The van der Waals surface area contributed by atoms with Crippen LogP contribution in [0.15, 0.2) is 67.5 Å². The maximum absolute atomic E-state index is 13.5. The van der Waals surface area contributed by atoms with Gasteiger partial charge in [0.15, 0.2) is 0 Å². The summed E-state index contributed by atoms with van der Waals surface area (Å²) in [5.74, 6) is -0.380. The summed E-state index contributed by atoms with van der Waals surface area (Å²) in [6.45, 7) is 3.53. The molecule has 5 aromatic rings. The van der Waals surface area contributed by atoms with Crippen LogP contribution in [-0.4, -0.2) is 48.6 Å². The van der Waals surface area contributed by atoms with Crippen LogP contribution in [0.4, 0.5) is 4.39 Å². The molecule has 9 heteroatoms. The predicted molar refractivity (Wildman–Crippen MR) is 130 cm³/mol. The molecule has 0 spiro atoms. The summed E-state index contributed by atoms with van der Waals surface area (Å²) in [6.07, 6.45) is 11.9. The minimum Gasteiger partial charge on any atom is -0.381 e. The van der Waals surface area contributed by atoms with E-state index in [1.54, 1.807) is 35.5 Å². The summed E-state index contributed by atoms with van der Waals surface area (Å²) in [6, 6.07) is 8.52. The van der Waals surface area contributed by atoms with Crippen molar-refractivity contribution in [1.82, 2.24) is 29.5 Å². The van der Waals surface area contributed by atoms with Crippen molar-refractivity contribution >= 4 is 16.9 Å². The first-order valence-corrected chi connectivity index (χ1v) is 11.5. The smallest absolute Gasteiger partial charge is 0.249 e. The van der Waals surface area contributed by atoms with E-state index in [1.165, 1.54) is 16.8 Å². The Hall–Kier alpha value is -4.11. The second-order valence-corrected chi connectivity index (χ2v) is 8.31. The van der Waals surface area contributed by atoms with Crippen LogP contribution in [0, 0.1) is 5.82 Å². The van der Waals surface area contributed by atoms with E-state index in [0.29, 0.717) is 19.8 Å². The molecule has 35 heavy (non-hydrogen) atoms. The molecule has 4 aromatic heterocycles. The number of fused-ring (bicyclic) bond motifs is 1. The Bertz CT molecular complexity index is 1470. The number of aromatic amines is 1. The van der Waals surface area contributed by atoms with Gasteiger partial charge < -0.3 is 9.72 Å². The normalized spacial score (nSPS) is 11.4. The van der Waals surface area contributed by atoms with Crippen molar-refractivity contribution in [2.45, 2.75) is 26.3 Å². The minimum absolute atomic E-state index is 0.116. The summed E-state index contributed by atoms with van der Waals surface area (Å²) in [4.78, 5) is 20.1. The molecule has 0 saturated heterocycles. The van der Waals surface area contributed by atoms with Crippen molar-refractivity contribution in [1.29, 1.82) is 0 Å². The van der Waals surface area contributed by atoms with Crippen LogP contribution in [0.25, 0.3) is 33.3 Å². The molecule has 0 atom stereocenters. The molecule has 1 N–H and O–H groups in total. The number of halogens is 1. The highest BCUT2D eigenvalue weighted by molar-refractivity contribution is 5.95. The number of H-pyrrole nitrogens is 1. The number of benzene rings is 1. The molecule has 0 bridgehead atoms. The van der Waals surface area contributed by atoms with Crippen LogP contribution in [0.3, 0.4) is 0 Å². The van der Waals surface area contributed by atoms with Crippen molar-refractivity contribution in [3.8, 4) is 22.3 Å². The van der Waals surface area contributed by atoms with Crippen molar-refractivity contribution < 1.29 is 13.9 Å². The lowest BCUT2D eigenvalue weighted by atomic mass is 10.1. The van der Waals surface area contributed by atoms with Crippen LogP contribution >= 0.6 is 0 Å². The fourth-order valence-corrected chi connectivity index (χ4v) is 3.94. The molecular weight excluding hydrogens is 447 g/mol. The summed E-state index contributed by atoms with van der Waals surface area (Å²) in [7, 11) is 0. The van der Waals surface area contributed by atoms with Crippen LogP contribution in [0.1, 0.15) is 30.1 Å². The third-order valence-electron chi connectivity index (χ3n) is 5.69. The number of hydrogen-bond acceptors (Lipinski definition) is 5. The number of carbonyl (C=O) groups is 1. The zero-order chi connectivity index (χ0) is 24.2. The van der Waals surface area contributed by atoms with Crippen LogP contribution in [-0.2, 0) is 11.3 Å². The standard InChI is InChI=1S/C26H25FN6O2/c1-2-7-35-8-6-25(34)33-17-20(12-31-33)19-10-23-24(14-29-26(23)28-11-19)21-13-30-32(16-21)15-18-4-3-5-22(27)9-18/h3-5,9-14,16-17H,2,6-8,15H2,1H3,(H,28,29). The molecule has 5 rings (SSSR count). The van der Waals surface area contributed by atoms with E-state index in [0.717, 1.165) is 45.3 Å². The van der Waals surface area contributed by atoms with Crippen molar-refractivity contribution in [2.75, 3.05) is 13.2 Å². The highest BCUT2D eigenvalue weighted by atomic mass is 19.1. The lowest BCUT2D eigenvalue weighted by molar-refractivity contribution is 0.0788. The van der Waals surface area contributed by atoms with E-state index in [1.807, 2.05) is 31.5 Å². The monoisotopic (exact) mass is 472 g/mol. The first-order valence-electron chi connectivity index (χ1n) is 11.5. The molecule has 0 aliphatic rings. The van der Waals surface area contributed by atoms with Gasteiger partial charge in [0.2, 0.25) is 5.91 Å². The Morgan fingerprint density at radius 3 is 2.80 bits per heavy atom. The first-order chi connectivity index (χ1) is 17.1. The van der Waals surface area contributed by atoms with Gasteiger partial charge in [-0.25, -0.2) is 14.1 Å². The highest BCUT2D eigenvalue weighted by Gasteiger charge is 2.13. The van der Waals surface area contributed by atoms with Gasteiger partial charge >= 0.3 is 0 Å². The number of pyridine rings is 1. The average Bonchev–Trinajstić information content (AvgIpc) is 3.61. The largest absolute Gasteiger partial charge is 0.381 e. The molecule has 1 aromatic carbocycles. The Kier molecular flexibility index (Phi) is 6.49. The van der Waals surface area contributed by atoms with Gasteiger partial charge in [-0.15, -0.1) is 0 Å². The molecule has 0 radical (unpaired) electrons. The summed E-state index contributed by atoms with van der Waals surface area (Å²) >= 11 is 0. The van der Waals surface area contributed by atoms with Gasteiger partial charge in [-0.05, 0) is 30.2 Å². The van der Waals surface area contributed by atoms with Crippen LogP contribution in [0.5, 0.6) is 0 Å². The second kappa shape index (κ2) is 10.0. The van der Waals surface area contributed by atoms with E-state index in [2.05, 4.69) is 20.2 Å². The Labute approximate surface area is 201 Å². The summed E-state index contributed by atoms with van der Waals surface area (Å²) in [5.41, 5.74) is 5.12. The zero-order valence-corrected chi connectivity index (χ0v) is 19.3. The minimum atomic E-state index is -0.264. The molecule has 0 fully saturated rings. The fourth-order valence-electron chi connectivity index (χ4n) is 3.94. The van der Waals surface area contributed by atoms with E-state index in [-0.39, 0.29) is 18.1 Å². The third kappa shape index (κ3) is 5.04. The number of hydrogen-bond donors (Lipinski definition) is 1. The highest BCUT2D eigenvalue weighted by Crippen LogP contribution is 2.30. The lowest BCUT2D eigenvalue weighted by Crippen LogP contribution is -2.13. The number of carbonyl (C=O) groups excluding carboxylic acids is 1. The van der Waals surface area contributed by atoms with Gasteiger partial charge in [0.1, 0.15) is 11.5 Å². The van der Waals surface area contributed by atoms with Crippen molar-refractivity contribution in [3.05, 3.63) is 78.9 Å². The second-order valence-electron chi connectivity index (χ2n) is 8.31. The third-order valence-corrected chi connectivity index (χ3v) is 5.69. The van der Waals surface area contributed by atoms with Gasteiger partial charge in [-0.2, -0.15) is 10.2 Å². The Morgan fingerprint density at radius 1 is 1.06 bits per heavy atom. The number of aromatic nitrogens is 6. The van der Waals surface area contributed by atoms with Crippen LogP contribution < -0.4 is 0 Å². The lowest BCUT2D eigenvalue weighted by Gasteiger charge is -2.02. The molecule has 0 saturated carbocycles. The maximum atomic E-state index is 13.5. The van der Waals surface area contributed by atoms with E-state index < -0.39 is 0 Å². The SMILES string of the molecule is CCCOCCC(=O)n1cc(-c2cnc3[nH]cc(-c4cnn(Cc5cccc(F)c5)c4)c3c2)cn1. The van der Waals surface area contributed by atoms with E-state index >= 15 is 0 Å². The molecule has 0 aliphatic carbocycles. The molecule has 178 valence electrons. The van der Waals surface area contributed by atoms with Crippen molar-refractivity contribution in [3.63, 3.8) is 0 Å². The van der Waals surface area contributed by atoms with Gasteiger partial charge in [0.05, 0.1) is 32.0 Å². The molecule has 0 aliphatic heterocycles. The van der Waals surface area contributed by atoms with Gasteiger partial charge in [0.25, 0.3) is 0 Å². The van der Waals surface area contributed by atoms with E-state index in [9.17, 15) is 9.18 Å². The number of nitrogens with zero attached hydrogens (tertiary/aromatic N) is 5. The quantitative estimate of drug-likeness (QED) is 0.307. The van der Waals surface area contributed by atoms with Gasteiger partial charge in [0, 0.05) is 59.0 Å². The molecule has 0 amide bonds.